The van der Waals surface area contributed by atoms with Crippen LogP contribution in [0.4, 0.5) is 0 Å². The zero-order valence-electron chi connectivity index (χ0n) is 12.0. The third-order valence-electron chi connectivity index (χ3n) is 3.31. The van der Waals surface area contributed by atoms with Crippen molar-refractivity contribution in [3.63, 3.8) is 0 Å². The van der Waals surface area contributed by atoms with Crippen LogP contribution in [-0.2, 0) is 6.54 Å². The second-order valence-electron chi connectivity index (χ2n) is 5.07. The van der Waals surface area contributed by atoms with E-state index in [0.29, 0.717) is 19.6 Å². The largest absolute Gasteiger partial charge is 0.390 e. The maximum absolute atomic E-state index is 11.9. The molecular formula is C12H23N7O2. The number of hydrogen-bond donors (Lipinski definition) is 4. The molecule has 1 aliphatic rings. The number of amides is 1. The number of β-amino-alcohol motifs (C(OH)–C–C–N with tert-alkyl or cyclic N) is 1. The van der Waals surface area contributed by atoms with Gasteiger partial charge in [-0.3, -0.25) is 14.4 Å². The number of aliphatic hydroxyl groups is 1. The summed E-state index contributed by atoms with van der Waals surface area (Å²) >= 11 is 0. The van der Waals surface area contributed by atoms with Crippen molar-refractivity contribution in [2.45, 2.75) is 12.6 Å². The molecule has 9 heteroatoms. The molecule has 5 N–H and O–H groups in total. The number of nitrogens with zero attached hydrogens (tertiary/aromatic N) is 4. The van der Waals surface area contributed by atoms with Gasteiger partial charge in [-0.1, -0.05) is 5.21 Å². The number of carbonyl (C=O) groups excluding carboxylic acids is 1. The minimum Gasteiger partial charge on any atom is -0.390 e. The maximum Gasteiger partial charge on any atom is 0.273 e. The van der Waals surface area contributed by atoms with Crippen molar-refractivity contribution < 1.29 is 9.90 Å². The molecule has 0 bridgehead atoms. The van der Waals surface area contributed by atoms with Crippen molar-refractivity contribution in [1.82, 2.24) is 30.5 Å². The SMILES string of the molecule is NCCn1cc(C(=O)NCC(O)CN2CCNCC2)nn1. The van der Waals surface area contributed by atoms with Gasteiger partial charge < -0.3 is 21.5 Å². The fourth-order valence-electron chi connectivity index (χ4n) is 2.20. The van der Waals surface area contributed by atoms with Gasteiger partial charge in [-0.15, -0.1) is 5.10 Å². The van der Waals surface area contributed by atoms with E-state index in [1.54, 1.807) is 6.20 Å². The second-order valence-corrected chi connectivity index (χ2v) is 5.07. The van der Waals surface area contributed by atoms with Gasteiger partial charge in [0.15, 0.2) is 5.69 Å². The lowest BCUT2D eigenvalue weighted by Gasteiger charge is -2.29. The van der Waals surface area contributed by atoms with E-state index in [4.69, 9.17) is 5.73 Å². The Bertz CT molecular complexity index is 445. The topological polar surface area (TPSA) is 121 Å². The fourth-order valence-corrected chi connectivity index (χ4v) is 2.20. The van der Waals surface area contributed by atoms with Crippen LogP contribution >= 0.6 is 0 Å². The Morgan fingerprint density at radius 1 is 1.52 bits per heavy atom. The summed E-state index contributed by atoms with van der Waals surface area (Å²) in [5.41, 5.74) is 5.64. The molecule has 21 heavy (non-hydrogen) atoms. The molecule has 0 aliphatic carbocycles. The number of nitrogens with one attached hydrogen (secondary N) is 2. The minimum atomic E-state index is -0.592. The summed E-state index contributed by atoms with van der Waals surface area (Å²) in [5, 5.41) is 23.4. The van der Waals surface area contributed by atoms with E-state index >= 15 is 0 Å². The van der Waals surface area contributed by atoms with Gasteiger partial charge >= 0.3 is 0 Å². The van der Waals surface area contributed by atoms with E-state index in [1.165, 1.54) is 4.68 Å². The van der Waals surface area contributed by atoms with E-state index in [2.05, 4.69) is 25.8 Å². The zero-order chi connectivity index (χ0) is 15.1. The Balaban J connectivity index is 1.71. The number of hydrogen-bond acceptors (Lipinski definition) is 7. The van der Waals surface area contributed by atoms with Crippen molar-refractivity contribution in [2.75, 3.05) is 45.8 Å². The van der Waals surface area contributed by atoms with Crippen LogP contribution in [0, 0.1) is 0 Å². The highest BCUT2D eigenvalue weighted by Gasteiger charge is 2.16. The van der Waals surface area contributed by atoms with E-state index in [-0.39, 0.29) is 18.1 Å². The highest BCUT2D eigenvalue weighted by atomic mass is 16.3. The van der Waals surface area contributed by atoms with Crippen molar-refractivity contribution >= 4 is 5.91 Å². The van der Waals surface area contributed by atoms with E-state index in [9.17, 15) is 9.90 Å². The quantitative estimate of drug-likeness (QED) is 0.430. The Morgan fingerprint density at radius 3 is 3.00 bits per heavy atom. The molecule has 1 atom stereocenters. The molecule has 9 nitrogen and oxygen atoms in total. The van der Waals surface area contributed by atoms with Gasteiger partial charge in [0.25, 0.3) is 5.91 Å². The zero-order valence-corrected chi connectivity index (χ0v) is 12.0. The Kier molecular flexibility index (Phi) is 6.05. The van der Waals surface area contributed by atoms with Crippen LogP contribution in [0.5, 0.6) is 0 Å². The number of nitrogens with two attached hydrogens (primary N) is 1. The van der Waals surface area contributed by atoms with Crippen LogP contribution in [0.3, 0.4) is 0 Å². The lowest BCUT2D eigenvalue weighted by Crippen LogP contribution is -2.48. The molecule has 1 aromatic rings. The summed E-state index contributed by atoms with van der Waals surface area (Å²) in [6.07, 6.45) is 0.955. The predicted octanol–water partition coefficient (Wildman–Crippen LogP) is -2.77. The normalized spacial score (nSPS) is 17.6. The molecule has 0 aromatic carbocycles. The average molecular weight is 297 g/mol. The van der Waals surface area contributed by atoms with Crippen LogP contribution in [0.15, 0.2) is 6.20 Å². The third-order valence-corrected chi connectivity index (χ3v) is 3.31. The molecule has 1 aromatic heterocycles. The first-order chi connectivity index (χ1) is 10.2. The van der Waals surface area contributed by atoms with E-state index < -0.39 is 6.10 Å². The summed E-state index contributed by atoms with van der Waals surface area (Å²) < 4.78 is 1.52. The number of carbonyl (C=O) groups is 1. The number of aromatic nitrogens is 3. The van der Waals surface area contributed by atoms with Gasteiger partial charge in [0.05, 0.1) is 18.8 Å². The average Bonchev–Trinajstić information content (AvgIpc) is 2.95. The summed E-state index contributed by atoms with van der Waals surface area (Å²) in [5.74, 6) is -0.336. The van der Waals surface area contributed by atoms with Gasteiger partial charge in [0.1, 0.15) is 0 Å². The monoisotopic (exact) mass is 297 g/mol. The van der Waals surface area contributed by atoms with Crippen LogP contribution in [-0.4, -0.2) is 82.8 Å². The molecule has 118 valence electrons. The summed E-state index contributed by atoms with van der Waals surface area (Å²) in [6, 6.07) is 0. The Morgan fingerprint density at radius 2 is 2.29 bits per heavy atom. The molecule has 2 heterocycles. The van der Waals surface area contributed by atoms with Crippen molar-refractivity contribution in [3.8, 4) is 0 Å². The van der Waals surface area contributed by atoms with Gasteiger partial charge in [-0.25, -0.2) is 0 Å². The van der Waals surface area contributed by atoms with Crippen LogP contribution in [0.2, 0.25) is 0 Å². The number of piperazine rings is 1. The summed E-state index contributed by atoms with van der Waals surface area (Å²) in [7, 11) is 0. The lowest BCUT2D eigenvalue weighted by molar-refractivity contribution is 0.0838. The first kappa shape index (κ1) is 15.8. The van der Waals surface area contributed by atoms with Crippen molar-refractivity contribution in [1.29, 1.82) is 0 Å². The van der Waals surface area contributed by atoms with Crippen LogP contribution in [0.1, 0.15) is 10.5 Å². The van der Waals surface area contributed by atoms with Crippen molar-refractivity contribution in [2.24, 2.45) is 5.73 Å². The highest BCUT2D eigenvalue weighted by molar-refractivity contribution is 5.91. The molecule has 1 aliphatic heterocycles. The number of aliphatic hydroxyl groups excluding tert-OH is 1. The first-order valence-corrected chi connectivity index (χ1v) is 7.18. The van der Waals surface area contributed by atoms with Crippen LogP contribution in [0.25, 0.3) is 0 Å². The molecule has 0 radical (unpaired) electrons. The van der Waals surface area contributed by atoms with E-state index in [0.717, 1.165) is 26.2 Å². The fraction of sp³-hybridized carbons (Fsp3) is 0.750. The molecule has 1 saturated heterocycles. The molecular weight excluding hydrogens is 274 g/mol. The second kappa shape index (κ2) is 8.03. The Hall–Kier alpha value is -1.55. The summed E-state index contributed by atoms with van der Waals surface area (Å²) in [4.78, 5) is 14.0. The highest BCUT2D eigenvalue weighted by Crippen LogP contribution is 1.96. The van der Waals surface area contributed by atoms with Gasteiger partial charge in [0, 0.05) is 45.8 Å². The molecule has 1 amide bonds. The maximum atomic E-state index is 11.9. The van der Waals surface area contributed by atoms with Gasteiger partial charge in [-0.2, -0.15) is 0 Å². The van der Waals surface area contributed by atoms with E-state index in [1.807, 2.05) is 0 Å². The van der Waals surface area contributed by atoms with Gasteiger partial charge in [0.2, 0.25) is 0 Å². The standard InChI is InChI=1S/C12H23N7O2/c13-1-4-19-9-11(16-17-19)12(21)15-7-10(20)8-18-5-2-14-3-6-18/h9-10,14,20H,1-8,13H2,(H,15,21). The Labute approximate surface area is 123 Å². The molecule has 2 rings (SSSR count). The lowest BCUT2D eigenvalue weighted by atomic mass is 10.2. The molecule has 0 saturated carbocycles. The van der Waals surface area contributed by atoms with Crippen molar-refractivity contribution in [3.05, 3.63) is 11.9 Å². The van der Waals surface area contributed by atoms with Gasteiger partial charge in [-0.05, 0) is 0 Å². The molecule has 1 fully saturated rings. The minimum absolute atomic E-state index is 0.201. The summed E-state index contributed by atoms with van der Waals surface area (Å²) in [6.45, 7) is 5.41. The third kappa shape index (κ3) is 5.05. The smallest absolute Gasteiger partial charge is 0.273 e. The molecule has 0 spiro atoms. The number of rotatable bonds is 7. The predicted molar refractivity (Wildman–Crippen MR) is 76.7 cm³/mol. The molecule has 1 unspecified atom stereocenters. The first-order valence-electron chi connectivity index (χ1n) is 7.18. The van der Waals surface area contributed by atoms with Crippen LogP contribution < -0.4 is 16.4 Å².